The van der Waals surface area contributed by atoms with Gasteiger partial charge in [-0.25, -0.2) is 4.39 Å². The van der Waals surface area contributed by atoms with E-state index < -0.39 is 0 Å². The molecule has 3 nitrogen and oxygen atoms in total. The highest BCUT2D eigenvalue weighted by Gasteiger charge is 2.12. The third kappa shape index (κ3) is 4.85. The van der Waals surface area contributed by atoms with Crippen LogP contribution in [0.15, 0.2) is 18.2 Å². The lowest BCUT2D eigenvalue weighted by Crippen LogP contribution is -2.45. The van der Waals surface area contributed by atoms with E-state index in [-0.39, 0.29) is 5.82 Å². The van der Waals surface area contributed by atoms with E-state index in [0.29, 0.717) is 0 Å². The van der Waals surface area contributed by atoms with Gasteiger partial charge in [0.2, 0.25) is 0 Å². The summed E-state index contributed by atoms with van der Waals surface area (Å²) in [6, 6.07) is 5.01. The highest BCUT2D eigenvalue weighted by Crippen LogP contribution is 2.09. The largest absolute Gasteiger partial charge is 0.313 e. The molecule has 1 aromatic carbocycles. The minimum atomic E-state index is -0.152. The predicted molar refractivity (Wildman–Crippen MR) is 81.4 cm³/mol. The second-order valence-corrected chi connectivity index (χ2v) is 5.75. The highest BCUT2D eigenvalue weighted by molar-refractivity contribution is 5.26. The zero-order valence-electron chi connectivity index (χ0n) is 12.7. The molecule has 0 saturated carbocycles. The molecule has 0 radical (unpaired) electrons. The van der Waals surface area contributed by atoms with Gasteiger partial charge in [-0.05, 0) is 56.7 Å². The van der Waals surface area contributed by atoms with Gasteiger partial charge < -0.3 is 15.1 Å². The second kappa shape index (κ2) is 7.72. The van der Waals surface area contributed by atoms with E-state index >= 15 is 0 Å². The van der Waals surface area contributed by atoms with E-state index in [0.717, 1.165) is 18.7 Å². The zero-order valence-corrected chi connectivity index (χ0v) is 12.7. The maximum absolute atomic E-state index is 13.0. The average Bonchev–Trinajstić information content (AvgIpc) is 2.42. The number of halogens is 1. The molecule has 1 aliphatic rings. The van der Waals surface area contributed by atoms with Crippen molar-refractivity contribution in [1.82, 2.24) is 15.1 Å². The Balaban J connectivity index is 1.59. The van der Waals surface area contributed by atoms with Crippen LogP contribution in [-0.2, 0) is 6.54 Å². The van der Waals surface area contributed by atoms with Gasteiger partial charge in [-0.15, -0.1) is 0 Å². The van der Waals surface area contributed by atoms with Gasteiger partial charge in [-0.1, -0.05) is 6.07 Å². The van der Waals surface area contributed by atoms with Crippen LogP contribution in [0.4, 0.5) is 4.39 Å². The summed E-state index contributed by atoms with van der Waals surface area (Å²) in [4.78, 5) is 4.91. The Morgan fingerprint density at radius 2 is 1.95 bits per heavy atom. The maximum atomic E-state index is 13.0. The molecule has 1 saturated heterocycles. The molecule has 0 spiro atoms. The molecule has 1 fully saturated rings. The molecule has 0 bridgehead atoms. The van der Waals surface area contributed by atoms with Gasteiger partial charge in [0.1, 0.15) is 5.82 Å². The molecule has 0 unspecified atom stereocenters. The number of aryl methyl sites for hydroxylation is 1. The molecule has 1 aromatic rings. The van der Waals surface area contributed by atoms with Crippen LogP contribution >= 0.6 is 0 Å². The van der Waals surface area contributed by atoms with Gasteiger partial charge in [0.25, 0.3) is 0 Å². The Morgan fingerprint density at radius 1 is 1.20 bits per heavy atom. The first kappa shape index (κ1) is 15.4. The van der Waals surface area contributed by atoms with Gasteiger partial charge in [0.05, 0.1) is 0 Å². The van der Waals surface area contributed by atoms with Crippen molar-refractivity contribution < 1.29 is 4.39 Å². The minimum absolute atomic E-state index is 0.152. The lowest BCUT2D eigenvalue weighted by Gasteiger charge is -2.32. The molecule has 0 aliphatic carbocycles. The monoisotopic (exact) mass is 279 g/mol. The molecule has 0 aromatic heterocycles. The smallest absolute Gasteiger partial charge is 0.123 e. The average molecular weight is 279 g/mol. The number of likely N-dealkylation sites (N-methyl/N-ethyl adjacent to an activating group) is 1. The van der Waals surface area contributed by atoms with Crippen LogP contribution in [0.5, 0.6) is 0 Å². The minimum Gasteiger partial charge on any atom is -0.313 e. The molecule has 0 amide bonds. The zero-order chi connectivity index (χ0) is 14.4. The van der Waals surface area contributed by atoms with E-state index in [4.69, 9.17) is 0 Å². The Hall–Kier alpha value is -0.970. The molecule has 1 aliphatic heterocycles. The Labute approximate surface area is 121 Å². The van der Waals surface area contributed by atoms with E-state index in [9.17, 15) is 4.39 Å². The van der Waals surface area contributed by atoms with E-state index in [1.165, 1.54) is 50.8 Å². The van der Waals surface area contributed by atoms with Gasteiger partial charge in [-0.3, -0.25) is 0 Å². The van der Waals surface area contributed by atoms with Crippen molar-refractivity contribution in [3.63, 3.8) is 0 Å². The Kier molecular flexibility index (Phi) is 5.95. The molecule has 20 heavy (non-hydrogen) atoms. The third-order valence-electron chi connectivity index (χ3n) is 4.04. The molecular weight excluding hydrogens is 253 g/mol. The lowest BCUT2D eigenvalue weighted by molar-refractivity contribution is 0.153. The first-order chi connectivity index (χ1) is 9.65. The van der Waals surface area contributed by atoms with Crippen molar-refractivity contribution >= 4 is 0 Å². The van der Waals surface area contributed by atoms with Crippen molar-refractivity contribution in [3.05, 3.63) is 35.1 Å². The van der Waals surface area contributed by atoms with Crippen LogP contribution in [-0.4, -0.2) is 56.1 Å². The summed E-state index contributed by atoms with van der Waals surface area (Å²) < 4.78 is 13.0. The normalized spacial score (nSPS) is 17.6. The summed E-state index contributed by atoms with van der Waals surface area (Å²) in [6.07, 6.45) is 1.17. The number of nitrogens with one attached hydrogen (secondary N) is 1. The first-order valence-corrected chi connectivity index (χ1v) is 7.52. The Bertz CT molecular complexity index is 414. The van der Waals surface area contributed by atoms with Crippen molar-refractivity contribution in [3.8, 4) is 0 Å². The van der Waals surface area contributed by atoms with E-state index in [2.05, 4.69) is 22.2 Å². The number of hydrogen-bond acceptors (Lipinski definition) is 3. The van der Waals surface area contributed by atoms with Gasteiger partial charge in [-0.2, -0.15) is 0 Å². The van der Waals surface area contributed by atoms with Crippen LogP contribution in [0.3, 0.4) is 0 Å². The fourth-order valence-electron chi connectivity index (χ4n) is 2.58. The van der Waals surface area contributed by atoms with Gasteiger partial charge in [0, 0.05) is 32.7 Å². The molecule has 2 rings (SSSR count). The summed E-state index contributed by atoms with van der Waals surface area (Å²) >= 11 is 0. The van der Waals surface area contributed by atoms with Crippen LogP contribution in [0.2, 0.25) is 0 Å². The molecule has 0 atom stereocenters. The van der Waals surface area contributed by atoms with Crippen molar-refractivity contribution in [1.29, 1.82) is 0 Å². The SMILES string of the molecule is Cc1cc(F)ccc1CNCCCN1CCN(C)CC1. The summed E-state index contributed by atoms with van der Waals surface area (Å²) in [6.45, 7) is 9.72. The van der Waals surface area contributed by atoms with Gasteiger partial charge in [0.15, 0.2) is 0 Å². The molecule has 1 N–H and O–H groups in total. The summed E-state index contributed by atoms with van der Waals surface area (Å²) in [5, 5.41) is 3.45. The van der Waals surface area contributed by atoms with Crippen LogP contribution < -0.4 is 5.32 Å². The molecule has 1 heterocycles. The third-order valence-corrected chi connectivity index (χ3v) is 4.04. The highest BCUT2D eigenvalue weighted by atomic mass is 19.1. The van der Waals surface area contributed by atoms with Gasteiger partial charge >= 0.3 is 0 Å². The summed E-state index contributed by atoms with van der Waals surface area (Å²) in [5.74, 6) is -0.152. The second-order valence-electron chi connectivity index (χ2n) is 5.75. The maximum Gasteiger partial charge on any atom is 0.123 e. The lowest BCUT2D eigenvalue weighted by atomic mass is 10.1. The van der Waals surface area contributed by atoms with E-state index in [1.807, 2.05) is 13.0 Å². The van der Waals surface area contributed by atoms with Crippen molar-refractivity contribution in [2.45, 2.75) is 19.9 Å². The Morgan fingerprint density at radius 3 is 2.65 bits per heavy atom. The summed E-state index contributed by atoms with van der Waals surface area (Å²) in [7, 11) is 2.18. The van der Waals surface area contributed by atoms with Crippen molar-refractivity contribution in [2.75, 3.05) is 46.3 Å². The summed E-state index contributed by atoms with van der Waals surface area (Å²) in [5.41, 5.74) is 2.21. The fraction of sp³-hybridized carbons (Fsp3) is 0.625. The predicted octanol–water partition coefficient (Wildman–Crippen LogP) is 1.86. The fourth-order valence-corrected chi connectivity index (χ4v) is 2.58. The molecule has 112 valence electrons. The van der Waals surface area contributed by atoms with Crippen LogP contribution in [0, 0.1) is 12.7 Å². The number of rotatable bonds is 6. The number of hydrogen-bond donors (Lipinski definition) is 1. The van der Waals surface area contributed by atoms with E-state index in [1.54, 1.807) is 6.07 Å². The molecule has 4 heteroatoms. The quantitative estimate of drug-likeness (QED) is 0.802. The first-order valence-electron chi connectivity index (χ1n) is 7.52. The number of nitrogens with zero attached hydrogens (tertiary/aromatic N) is 2. The number of benzene rings is 1. The van der Waals surface area contributed by atoms with Crippen LogP contribution in [0.1, 0.15) is 17.5 Å². The van der Waals surface area contributed by atoms with Crippen LogP contribution in [0.25, 0.3) is 0 Å². The topological polar surface area (TPSA) is 18.5 Å². The number of piperazine rings is 1. The molecular formula is C16H26FN3. The van der Waals surface area contributed by atoms with Crippen molar-refractivity contribution in [2.24, 2.45) is 0 Å². The standard InChI is InChI=1S/C16H26FN3/c1-14-12-16(17)5-4-15(14)13-18-6-3-7-20-10-8-19(2)9-11-20/h4-5,12,18H,3,6-11,13H2,1-2H3.